The Labute approximate surface area is 125 Å². The average Bonchev–Trinajstić information content (AvgIpc) is 2.44. The quantitative estimate of drug-likeness (QED) is 0.700. The molecule has 3 nitrogen and oxygen atoms in total. The number of anilines is 1. The van der Waals surface area contributed by atoms with Crippen LogP contribution in [0.2, 0.25) is 0 Å². The fourth-order valence-electron chi connectivity index (χ4n) is 1.83. The number of nitrogens with two attached hydrogens (primary N) is 1. The van der Waals surface area contributed by atoms with Crippen molar-refractivity contribution >= 4 is 15.5 Å². The third kappa shape index (κ3) is 4.37. The van der Waals surface area contributed by atoms with E-state index in [0.717, 1.165) is 11.1 Å². The highest BCUT2D eigenvalue weighted by Gasteiger charge is 2.12. The van der Waals surface area contributed by atoms with Crippen molar-refractivity contribution < 1.29 is 8.42 Å². The summed E-state index contributed by atoms with van der Waals surface area (Å²) in [5.74, 6) is 5.82. The highest BCUT2D eigenvalue weighted by Crippen LogP contribution is 2.13. The molecule has 0 spiro atoms. The summed E-state index contributed by atoms with van der Waals surface area (Å²) in [5, 5.41) is 0. The second kappa shape index (κ2) is 6.47. The Balaban J connectivity index is 2.02. The molecule has 0 bridgehead atoms. The van der Waals surface area contributed by atoms with Gasteiger partial charge in [0, 0.05) is 17.7 Å². The minimum Gasteiger partial charge on any atom is -0.399 e. The number of rotatable bonds is 3. The minimum absolute atomic E-state index is 0.0192. The molecule has 0 atom stereocenters. The summed E-state index contributed by atoms with van der Waals surface area (Å²) in [5.41, 5.74) is 8.14. The zero-order chi connectivity index (χ0) is 15.3. The molecule has 2 N–H and O–H groups in total. The predicted octanol–water partition coefficient (Wildman–Crippen LogP) is 2.79. The molecule has 0 heterocycles. The van der Waals surface area contributed by atoms with Crippen LogP contribution in [0.3, 0.4) is 0 Å². The fraction of sp³-hybridized carbons (Fsp3) is 0.176. The molecule has 0 aliphatic heterocycles. The van der Waals surface area contributed by atoms with Crippen LogP contribution in [-0.2, 0) is 9.84 Å². The number of nitrogen functional groups attached to an aromatic ring is 1. The van der Waals surface area contributed by atoms with Crippen molar-refractivity contribution in [1.29, 1.82) is 0 Å². The lowest BCUT2D eigenvalue weighted by Gasteiger charge is -2.02. The van der Waals surface area contributed by atoms with Crippen molar-refractivity contribution in [2.24, 2.45) is 0 Å². The molecule has 0 saturated heterocycles. The Morgan fingerprint density at radius 3 is 2.48 bits per heavy atom. The lowest BCUT2D eigenvalue weighted by Crippen LogP contribution is -2.06. The van der Waals surface area contributed by atoms with Crippen LogP contribution in [0.4, 0.5) is 5.69 Å². The zero-order valence-corrected chi connectivity index (χ0v) is 12.7. The van der Waals surface area contributed by atoms with Crippen LogP contribution in [0.5, 0.6) is 0 Å². The summed E-state index contributed by atoms with van der Waals surface area (Å²) in [7, 11) is -3.27. The van der Waals surface area contributed by atoms with Gasteiger partial charge in [0.2, 0.25) is 0 Å². The zero-order valence-electron chi connectivity index (χ0n) is 11.8. The van der Waals surface area contributed by atoms with E-state index in [1.54, 1.807) is 36.4 Å². The van der Waals surface area contributed by atoms with E-state index in [9.17, 15) is 8.42 Å². The molecule has 0 radical (unpaired) electrons. The van der Waals surface area contributed by atoms with E-state index in [1.807, 2.05) is 19.1 Å². The molecular weight excluding hydrogens is 282 g/mol. The van der Waals surface area contributed by atoms with Crippen molar-refractivity contribution in [2.45, 2.75) is 18.2 Å². The van der Waals surface area contributed by atoms with E-state index in [1.165, 1.54) is 0 Å². The predicted molar refractivity (Wildman–Crippen MR) is 85.6 cm³/mol. The standard InChI is InChI=1S/C17H17NO2S/c1-14-8-10-17(11-9-14)21(19,20)12-3-2-5-15-6-4-7-16(18)13-15/h4,6-11,13H,3,12,18H2,1H3. The number of aryl methyl sites for hydroxylation is 1. The Morgan fingerprint density at radius 2 is 1.81 bits per heavy atom. The van der Waals surface area contributed by atoms with Crippen molar-refractivity contribution in [3.8, 4) is 11.8 Å². The summed E-state index contributed by atoms with van der Waals surface area (Å²) in [4.78, 5) is 0.346. The molecule has 2 rings (SSSR count). The second-order valence-electron chi connectivity index (χ2n) is 4.81. The van der Waals surface area contributed by atoms with Gasteiger partial charge in [-0.05, 0) is 37.3 Å². The maximum Gasteiger partial charge on any atom is 0.179 e. The molecule has 21 heavy (non-hydrogen) atoms. The molecule has 0 amide bonds. The van der Waals surface area contributed by atoms with Crippen LogP contribution >= 0.6 is 0 Å². The molecule has 0 aliphatic rings. The summed E-state index contributed by atoms with van der Waals surface area (Å²) in [6, 6.07) is 14.1. The summed E-state index contributed by atoms with van der Waals surface area (Å²) >= 11 is 0. The summed E-state index contributed by atoms with van der Waals surface area (Å²) in [6.45, 7) is 1.92. The van der Waals surface area contributed by atoms with Crippen LogP contribution < -0.4 is 5.73 Å². The minimum atomic E-state index is -3.27. The Hall–Kier alpha value is -2.25. The van der Waals surface area contributed by atoms with Gasteiger partial charge in [-0.1, -0.05) is 35.6 Å². The summed E-state index contributed by atoms with van der Waals surface area (Å²) in [6.07, 6.45) is 0.297. The maximum absolute atomic E-state index is 12.1. The van der Waals surface area contributed by atoms with Crippen LogP contribution in [0.25, 0.3) is 0 Å². The molecule has 0 aromatic heterocycles. The van der Waals surface area contributed by atoms with Crippen LogP contribution in [0.1, 0.15) is 17.5 Å². The smallest absolute Gasteiger partial charge is 0.179 e. The van der Waals surface area contributed by atoms with E-state index < -0.39 is 9.84 Å². The maximum atomic E-state index is 12.1. The normalized spacial score (nSPS) is 10.7. The highest BCUT2D eigenvalue weighted by atomic mass is 32.2. The van der Waals surface area contributed by atoms with E-state index in [-0.39, 0.29) is 5.75 Å². The molecule has 0 saturated carbocycles. The molecule has 108 valence electrons. The molecule has 0 unspecified atom stereocenters. The largest absolute Gasteiger partial charge is 0.399 e. The lowest BCUT2D eigenvalue weighted by molar-refractivity contribution is 0.596. The molecule has 2 aromatic carbocycles. The van der Waals surface area contributed by atoms with Crippen molar-refractivity contribution in [2.75, 3.05) is 11.5 Å². The van der Waals surface area contributed by atoms with Gasteiger partial charge in [-0.2, -0.15) is 0 Å². The van der Waals surface area contributed by atoms with Gasteiger partial charge in [0.1, 0.15) is 0 Å². The van der Waals surface area contributed by atoms with Crippen molar-refractivity contribution in [3.63, 3.8) is 0 Å². The molecule has 2 aromatic rings. The van der Waals surface area contributed by atoms with Gasteiger partial charge < -0.3 is 5.73 Å². The Bertz CT molecular complexity index is 782. The van der Waals surface area contributed by atoms with E-state index >= 15 is 0 Å². The number of hydrogen-bond donors (Lipinski definition) is 1. The van der Waals surface area contributed by atoms with Crippen LogP contribution in [0, 0.1) is 18.8 Å². The van der Waals surface area contributed by atoms with Gasteiger partial charge in [0.05, 0.1) is 10.6 Å². The van der Waals surface area contributed by atoms with Gasteiger partial charge in [-0.3, -0.25) is 0 Å². The topological polar surface area (TPSA) is 60.2 Å². The SMILES string of the molecule is Cc1ccc(S(=O)(=O)CCC#Cc2cccc(N)c2)cc1. The van der Waals surface area contributed by atoms with E-state index in [0.29, 0.717) is 17.0 Å². The Kier molecular flexibility index (Phi) is 4.66. The van der Waals surface area contributed by atoms with Gasteiger partial charge >= 0.3 is 0 Å². The average molecular weight is 299 g/mol. The van der Waals surface area contributed by atoms with Gasteiger partial charge in [-0.25, -0.2) is 8.42 Å². The summed E-state index contributed by atoms with van der Waals surface area (Å²) < 4.78 is 24.2. The first-order chi connectivity index (χ1) is 9.97. The van der Waals surface area contributed by atoms with Crippen LogP contribution in [-0.4, -0.2) is 14.2 Å². The first-order valence-corrected chi connectivity index (χ1v) is 8.26. The molecule has 0 fully saturated rings. The monoisotopic (exact) mass is 299 g/mol. The highest BCUT2D eigenvalue weighted by molar-refractivity contribution is 7.91. The van der Waals surface area contributed by atoms with Crippen LogP contribution in [0.15, 0.2) is 53.4 Å². The number of hydrogen-bond acceptors (Lipinski definition) is 3. The second-order valence-corrected chi connectivity index (χ2v) is 6.92. The van der Waals surface area contributed by atoms with Crippen molar-refractivity contribution in [1.82, 2.24) is 0 Å². The van der Waals surface area contributed by atoms with Crippen molar-refractivity contribution in [3.05, 3.63) is 59.7 Å². The first kappa shape index (κ1) is 15.1. The third-order valence-corrected chi connectivity index (χ3v) is 4.73. The van der Waals surface area contributed by atoms with E-state index in [4.69, 9.17) is 5.73 Å². The molecule has 4 heteroatoms. The van der Waals surface area contributed by atoms with Gasteiger partial charge in [-0.15, -0.1) is 0 Å². The first-order valence-electron chi connectivity index (χ1n) is 6.61. The number of sulfone groups is 1. The Morgan fingerprint density at radius 1 is 1.10 bits per heavy atom. The van der Waals surface area contributed by atoms with Gasteiger partial charge in [0.25, 0.3) is 0 Å². The van der Waals surface area contributed by atoms with Gasteiger partial charge in [0.15, 0.2) is 9.84 Å². The lowest BCUT2D eigenvalue weighted by atomic mass is 10.2. The fourth-order valence-corrected chi connectivity index (χ4v) is 2.99. The third-order valence-electron chi connectivity index (χ3n) is 3.00. The van der Waals surface area contributed by atoms with E-state index in [2.05, 4.69) is 11.8 Å². The number of benzene rings is 2. The molecule has 0 aliphatic carbocycles. The molecular formula is C17H17NO2S.